The van der Waals surface area contributed by atoms with Gasteiger partial charge in [-0.25, -0.2) is 19.3 Å². The number of aromatic amines is 1. The number of pyridine rings is 3. The second-order valence-corrected chi connectivity index (χ2v) is 13.8. The largest absolute Gasteiger partial charge is 0.434 e. The van der Waals surface area contributed by atoms with Crippen LogP contribution in [0.4, 0.5) is 4.39 Å². The van der Waals surface area contributed by atoms with Crippen LogP contribution in [0.2, 0.25) is 5.02 Å². The average molecular weight is 656 g/mol. The van der Waals surface area contributed by atoms with Crippen molar-refractivity contribution in [3.63, 3.8) is 0 Å². The SMILES string of the molecule is O=C1c2c(nc(CCC34CCC(CC3)OC4)c(-c3n[nH]c(=O)o3)c2-c2cnc3c(ccn3Cc3ncc(Cl)cc3F)c2)C2CCCN12. The van der Waals surface area contributed by atoms with E-state index >= 15 is 0 Å². The number of carbonyl (C=O) groups is 1. The number of H-pyrrole nitrogens is 1. The lowest BCUT2D eigenvalue weighted by Gasteiger charge is -2.46. The van der Waals surface area contributed by atoms with Gasteiger partial charge in [-0.3, -0.25) is 14.8 Å². The summed E-state index contributed by atoms with van der Waals surface area (Å²) in [5.41, 5.74) is 4.81. The van der Waals surface area contributed by atoms with E-state index in [0.29, 0.717) is 47.0 Å². The first-order chi connectivity index (χ1) is 22.9. The van der Waals surface area contributed by atoms with Gasteiger partial charge in [0.1, 0.15) is 11.5 Å². The molecule has 0 aromatic carbocycles. The first kappa shape index (κ1) is 28.8. The van der Waals surface area contributed by atoms with E-state index in [1.165, 1.54) is 12.3 Å². The summed E-state index contributed by atoms with van der Waals surface area (Å²) in [4.78, 5) is 42.5. The first-order valence-corrected chi connectivity index (χ1v) is 16.5. The Kier molecular flexibility index (Phi) is 6.62. The number of nitrogens with zero attached hydrogens (tertiary/aromatic N) is 6. The number of ether oxygens (including phenoxy) is 1. The highest BCUT2D eigenvalue weighted by atomic mass is 35.5. The van der Waals surface area contributed by atoms with E-state index in [0.717, 1.165) is 68.3 Å². The number of hydrogen-bond donors (Lipinski definition) is 1. The van der Waals surface area contributed by atoms with Gasteiger partial charge >= 0.3 is 5.76 Å². The summed E-state index contributed by atoms with van der Waals surface area (Å²) in [5, 5.41) is 7.68. The van der Waals surface area contributed by atoms with Crippen molar-refractivity contribution >= 4 is 28.5 Å². The van der Waals surface area contributed by atoms with Crippen molar-refractivity contribution in [2.75, 3.05) is 13.2 Å². The Bertz CT molecular complexity index is 2120. The third kappa shape index (κ3) is 4.71. The number of aryl methyl sites for hydroxylation is 1. The Hall–Kier alpha value is -4.42. The molecular formula is C34H31ClFN7O4. The lowest BCUT2D eigenvalue weighted by molar-refractivity contribution is -0.117. The highest BCUT2D eigenvalue weighted by Gasteiger charge is 2.46. The molecule has 1 saturated carbocycles. The van der Waals surface area contributed by atoms with E-state index in [4.69, 9.17) is 30.7 Å². The molecule has 11 nitrogen and oxygen atoms in total. The molecule has 5 aromatic heterocycles. The quantitative estimate of drug-likeness (QED) is 0.231. The smallest absolute Gasteiger partial charge is 0.388 e. The van der Waals surface area contributed by atoms with Crippen LogP contribution in [-0.4, -0.2) is 59.8 Å². The van der Waals surface area contributed by atoms with E-state index < -0.39 is 11.6 Å². The van der Waals surface area contributed by atoms with Crippen LogP contribution >= 0.6 is 11.6 Å². The second-order valence-electron chi connectivity index (χ2n) is 13.3. The van der Waals surface area contributed by atoms with Crippen molar-refractivity contribution in [2.45, 2.75) is 70.1 Å². The molecule has 47 heavy (non-hydrogen) atoms. The average Bonchev–Trinajstić information content (AvgIpc) is 3.88. The molecule has 3 saturated heterocycles. The van der Waals surface area contributed by atoms with Crippen LogP contribution in [0.15, 0.2) is 46.0 Å². The number of amides is 1. The molecule has 2 bridgehead atoms. The van der Waals surface area contributed by atoms with Crippen molar-refractivity contribution in [2.24, 2.45) is 5.41 Å². The summed E-state index contributed by atoms with van der Waals surface area (Å²) in [6.07, 6.45) is 12.9. The highest BCUT2D eigenvalue weighted by molar-refractivity contribution is 6.30. The van der Waals surface area contributed by atoms with Crippen LogP contribution in [0, 0.1) is 11.2 Å². The van der Waals surface area contributed by atoms with Crippen LogP contribution in [-0.2, 0) is 17.7 Å². The molecule has 1 aliphatic carbocycles. The molecule has 4 aliphatic heterocycles. The van der Waals surface area contributed by atoms with Crippen molar-refractivity contribution < 1.29 is 18.3 Å². The van der Waals surface area contributed by atoms with E-state index in [-0.39, 0.29) is 40.5 Å². The second kappa shape index (κ2) is 10.8. The molecule has 13 heteroatoms. The Morgan fingerprint density at radius 1 is 1.06 bits per heavy atom. The van der Waals surface area contributed by atoms with Gasteiger partial charge in [0.15, 0.2) is 0 Å². The lowest BCUT2D eigenvalue weighted by atomic mass is 9.68. The molecule has 1 N–H and O–H groups in total. The third-order valence-corrected chi connectivity index (χ3v) is 10.8. The summed E-state index contributed by atoms with van der Waals surface area (Å²) >= 11 is 5.91. The Balaban J connectivity index is 1.19. The van der Waals surface area contributed by atoms with Gasteiger partial charge in [-0.05, 0) is 75.0 Å². The van der Waals surface area contributed by atoms with Crippen molar-refractivity contribution in [1.82, 2.24) is 34.6 Å². The van der Waals surface area contributed by atoms with Crippen molar-refractivity contribution in [1.29, 1.82) is 0 Å². The third-order valence-electron chi connectivity index (χ3n) is 10.6. The monoisotopic (exact) mass is 655 g/mol. The maximum Gasteiger partial charge on any atom is 0.434 e. The van der Waals surface area contributed by atoms with E-state index in [1.807, 2.05) is 27.8 Å². The predicted octanol–water partition coefficient (Wildman–Crippen LogP) is 5.86. The minimum atomic E-state index is -0.685. The summed E-state index contributed by atoms with van der Waals surface area (Å²) < 4.78 is 28.1. The van der Waals surface area contributed by atoms with Crippen LogP contribution in [0.1, 0.15) is 78.4 Å². The Labute approximate surface area is 273 Å². The zero-order chi connectivity index (χ0) is 31.9. The fraction of sp³-hybridized carbons (Fsp3) is 0.412. The van der Waals surface area contributed by atoms with Gasteiger partial charge in [0.2, 0.25) is 0 Å². The number of carbonyl (C=O) groups excluding carboxylic acids is 1. The number of rotatable bonds is 7. The van der Waals surface area contributed by atoms with Gasteiger partial charge in [0.05, 0.1) is 58.5 Å². The van der Waals surface area contributed by atoms with Crippen LogP contribution < -0.4 is 5.76 Å². The van der Waals surface area contributed by atoms with Crippen molar-refractivity contribution in [3.8, 4) is 22.6 Å². The fourth-order valence-corrected chi connectivity index (χ4v) is 8.31. The maximum absolute atomic E-state index is 14.6. The molecular weight excluding hydrogens is 625 g/mol. The maximum atomic E-state index is 14.6. The van der Waals surface area contributed by atoms with E-state index in [1.54, 1.807) is 6.20 Å². The zero-order valence-corrected chi connectivity index (χ0v) is 26.2. The summed E-state index contributed by atoms with van der Waals surface area (Å²) in [6.45, 7) is 1.57. The molecule has 0 radical (unpaired) electrons. The molecule has 9 heterocycles. The van der Waals surface area contributed by atoms with Crippen LogP contribution in [0.3, 0.4) is 0 Å². The number of aromatic nitrogens is 6. The minimum absolute atomic E-state index is 0.0797. The Morgan fingerprint density at radius 2 is 1.94 bits per heavy atom. The lowest BCUT2D eigenvalue weighted by Crippen LogP contribution is -2.42. The number of nitrogens with one attached hydrogen (secondary N) is 1. The molecule has 10 rings (SSSR count). The van der Waals surface area contributed by atoms with Crippen LogP contribution in [0.25, 0.3) is 33.6 Å². The van der Waals surface area contributed by atoms with Gasteiger partial charge in [-0.15, -0.1) is 5.10 Å². The van der Waals surface area contributed by atoms with Gasteiger partial charge < -0.3 is 18.6 Å². The summed E-state index contributed by atoms with van der Waals surface area (Å²) in [5.74, 6) is -1.17. The molecule has 5 aliphatic rings. The van der Waals surface area contributed by atoms with Gasteiger partial charge in [-0.2, -0.15) is 0 Å². The Morgan fingerprint density at radius 3 is 2.70 bits per heavy atom. The standard InChI is InChI=1S/C34H31ClFN7O4/c35-20-13-22(36)24(37-15-20)16-42-11-6-18-12-19(14-38-30(18)42)26-27(31-40-41-33(45)47-31)23(5-9-34-7-3-21(4-8-34)46-17-34)39-29-25-2-1-10-43(25)32(44)28(26)29/h6,11-15,21,25H,1-5,7-10,16-17H2,(H,41,45). The van der Waals surface area contributed by atoms with Crippen molar-refractivity contribution in [3.05, 3.63) is 80.8 Å². The van der Waals surface area contributed by atoms with Gasteiger partial charge in [-0.1, -0.05) is 11.6 Å². The molecule has 4 fully saturated rings. The normalized spacial score (nSPS) is 23.2. The zero-order valence-electron chi connectivity index (χ0n) is 25.5. The molecule has 240 valence electrons. The van der Waals surface area contributed by atoms with E-state index in [9.17, 15) is 14.0 Å². The number of hydrogen-bond acceptors (Lipinski definition) is 8. The minimum Gasteiger partial charge on any atom is -0.388 e. The first-order valence-electron chi connectivity index (χ1n) is 16.2. The molecule has 1 atom stereocenters. The predicted molar refractivity (Wildman–Crippen MR) is 169 cm³/mol. The highest BCUT2D eigenvalue weighted by Crippen LogP contribution is 2.50. The fourth-order valence-electron chi connectivity index (χ4n) is 8.16. The molecule has 0 spiro atoms. The summed E-state index contributed by atoms with van der Waals surface area (Å²) in [6, 6.07) is 5.01. The van der Waals surface area contributed by atoms with E-state index in [2.05, 4.69) is 15.2 Å². The van der Waals surface area contributed by atoms with Gasteiger partial charge in [0, 0.05) is 41.6 Å². The number of halogens is 2. The summed E-state index contributed by atoms with van der Waals surface area (Å²) in [7, 11) is 0. The van der Waals surface area contributed by atoms with Crippen LogP contribution in [0.5, 0.6) is 0 Å². The molecule has 5 aromatic rings. The number of fused-ring (bicyclic) bond motifs is 7. The molecule has 1 amide bonds. The van der Waals surface area contributed by atoms with Gasteiger partial charge in [0.25, 0.3) is 11.8 Å². The molecule has 1 unspecified atom stereocenters. The topological polar surface area (TPSA) is 132 Å².